The van der Waals surface area contributed by atoms with E-state index in [4.69, 9.17) is 5.11 Å². The highest BCUT2D eigenvalue weighted by Gasteiger charge is 2.18. The standard InChI is InChI=1S/C4H8BrFO/c1-4(6,2-5)3-7/h7H,2-3H2,1H3. The number of aliphatic hydroxyl groups is 1. The normalized spacial score (nSPS) is 18.9. The van der Waals surface area contributed by atoms with Crippen LogP contribution in [-0.2, 0) is 0 Å². The summed E-state index contributed by atoms with van der Waals surface area (Å²) >= 11 is 2.90. The predicted molar refractivity (Wildman–Crippen MR) is 30.4 cm³/mol. The molecule has 0 aliphatic heterocycles. The van der Waals surface area contributed by atoms with Crippen molar-refractivity contribution in [2.24, 2.45) is 0 Å². The van der Waals surface area contributed by atoms with E-state index in [9.17, 15) is 4.39 Å². The van der Waals surface area contributed by atoms with Crippen LogP contribution in [0.15, 0.2) is 0 Å². The first kappa shape index (κ1) is 7.37. The Morgan fingerprint density at radius 1 is 1.86 bits per heavy atom. The number of halogens is 2. The van der Waals surface area contributed by atoms with Gasteiger partial charge in [-0.05, 0) is 6.92 Å². The van der Waals surface area contributed by atoms with Gasteiger partial charge in [0.05, 0.1) is 6.61 Å². The maximum Gasteiger partial charge on any atom is 0.140 e. The molecule has 1 nitrogen and oxygen atoms in total. The molecule has 0 amide bonds. The van der Waals surface area contributed by atoms with E-state index in [2.05, 4.69) is 15.9 Å². The number of rotatable bonds is 2. The maximum absolute atomic E-state index is 12.3. The lowest BCUT2D eigenvalue weighted by Crippen LogP contribution is -2.24. The molecule has 0 saturated carbocycles. The lowest BCUT2D eigenvalue weighted by Gasteiger charge is -2.11. The molecule has 1 unspecified atom stereocenters. The molecule has 0 radical (unpaired) electrons. The third-order valence-corrected chi connectivity index (χ3v) is 1.78. The van der Waals surface area contributed by atoms with Crippen LogP contribution in [-0.4, -0.2) is 22.7 Å². The molecule has 0 saturated heterocycles. The van der Waals surface area contributed by atoms with Gasteiger partial charge in [-0.2, -0.15) is 0 Å². The third kappa shape index (κ3) is 3.00. The van der Waals surface area contributed by atoms with Crippen LogP contribution in [0.2, 0.25) is 0 Å². The van der Waals surface area contributed by atoms with E-state index >= 15 is 0 Å². The zero-order valence-electron chi connectivity index (χ0n) is 4.12. The van der Waals surface area contributed by atoms with Gasteiger partial charge in [0.2, 0.25) is 0 Å². The highest BCUT2D eigenvalue weighted by Crippen LogP contribution is 2.10. The van der Waals surface area contributed by atoms with Crippen LogP contribution < -0.4 is 0 Å². The van der Waals surface area contributed by atoms with Gasteiger partial charge in [-0.1, -0.05) is 15.9 Å². The topological polar surface area (TPSA) is 20.2 Å². The molecule has 0 aromatic heterocycles. The van der Waals surface area contributed by atoms with Crippen LogP contribution in [0, 0.1) is 0 Å². The summed E-state index contributed by atoms with van der Waals surface area (Å²) in [4.78, 5) is 0. The minimum absolute atomic E-state index is 0.191. The molecule has 0 aromatic rings. The summed E-state index contributed by atoms with van der Waals surface area (Å²) in [7, 11) is 0. The van der Waals surface area contributed by atoms with E-state index in [0.717, 1.165) is 0 Å². The van der Waals surface area contributed by atoms with Gasteiger partial charge in [0.25, 0.3) is 0 Å². The van der Waals surface area contributed by atoms with Crippen LogP contribution in [0.5, 0.6) is 0 Å². The highest BCUT2D eigenvalue weighted by molar-refractivity contribution is 9.09. The first-order valence-electron chi connectivity index (χ1n) is 1.98. The van der Waals surface area contributed by atoms with Crippen LogP contribution in [0.3, 0.4) is 0 Å². The number of hydrogen-bond donors (Lipinski definition) is 1. The zero-order valence-corrected chi connectivity index (χ0v) is 5.70. The van der Waals surface area contributed by atoms with Crippen molar-refractivity contribution in [2.45, 2.75) is 12.6 Å². The van der Waals surface area contributed by atoms with E-state index < -0.39 is 12.3 Å². The van der Waals surface area contributed by atoms with Crippen molar-refractivity contribution in [1.82, 2.24) is 0 Å². The van der Waals surface area contributed by atoms with Crippen molar-refractivity contribution in [1.29, 1.82) is 0 Å². The number of aliphatic hydroxyl groups excluding tert-OH is 1. The van der Waals surface area contributed by atoms with Crippen molar-refractivity contribution >= 4 is 15.9 Å². The minimum atomic E-state index is -1.44. The van der Waals surface area contributed by atoms with E-state index in [0.29, 0.717) is 0 Å². The molecule has 0 rings (SSSR count). The summed E-state index contributed by atoms with van der Waals surface area (Å²) in [6.07, 6.45) is 0. The van der Waals surface area contributed by atoms with Gasteiger partial charge in [0, 0.05) is 5.33 Å². The van der Waals surface area contributed by atoms with Gasteiger partial charge in [0.15, 0.2) is 0 Å². The molecule has 0 bridgehead atoms. The molecule has 0 aliphatic rings. The Hall–Kier alpha value is 0.370. The van der Waals surface area contributed by atoms with Crippen molar-refractivity contribution in [3.8, 4) is 0 Å². The van der Waals surface area contributed by atoms with E-state index in [-0.39, 0.29) is 5.33 Å². The average molecular weight is 171 g/mol. The van der Waals surface area contributed by atoms with Crippen molar-refractivity contribution in [2.75, 3.05) is 11.9 Å². The first-order chi connectivity index (χ1) is 3.12. The lowest BCUT2D eigenvalue weighted by molar-refractivity contribution is 0.111. The third-order valence-electron chi connectivity index (χ3n) is 0.608. The molecule has 0 aliphatic carbocycles. The minimum Gasteiger partial charge on any atom is -0.393 e. The Morgan fingerprint density at radius 3 is 2.29 bits per heavy atom. The monoisotopic (exact) mass is 170 g/mol. The van der Waals surface area contributed by atoms with Gasteiger partial charge in [-0.25, -0.2) is 4.39 Å². The second-order valence-electron chi connectivity index (χ2n) is 1.71. The highest BCUT2D eigenvalue weighted by atomic mass is 79.9. The van der Waals surface area contributed by atoms with Gasteiger partial charge in [-0.15, -0.1) is 0 Å². The SMILES string of the molecule is CC(F)(CO)CBr. The first-order valence-corrected chi connectivity index (χ1v) is 3.10. The van der Waals surface area contributed by atoms with E-state index in [1.807, 2.05) is 0 Å². The van der Waals surface area contributed by atoms with Gasteiger partial charge >= 0.3 is 0 Å². The summed E-state index contributed by atoms with van der Waals surface area (Å²) in [6.45, 7) is 0.917. The zero-order chi connectivity index (χ0) is 5.91. The van der Waals surface area contributed by atoms with Gasteiger partial charge in [0.1, 0.15) is 5.67 Å². The Morgan fingerprint density at radius 2 is 2.29 bits per heavy atom. The van der Waals surface area contributed by atoms with E-state index in [1.165, 1.54) is 6.92 Å². The van der Waals surface area contributed by atoms with Gasteiger partial charge < -0.3 is 5.11 Å². The molecule has 0 fully saturated rings. The molecule has 0 heterocycles. The predicted octanol–water partition coefficient (Wildman–Crippen LogP) is 1.10. The summed E-state index contributed by atoms with van der Waals surface area (Å²) in [5.74, 6) is 0. The maximum atomic E-state index is 12.3. The van der Waals surface area contributed by atoms with Crippen LogP contribution in [0.4, 0.5) is 4.39 Å². The second kappa shape index (κ2) is 2.62. The smallest absolute Gasteiger partial charge is 0.140 e. The fourth-order valence-electron chi connectivity index (χ4n) is 0.0423. The molecule has 3 heteroatoms. The quantitative estimate of drug-likeness (QED) is 0.616. The van der Waals surface area contributed by atoms with Gasteiger partial charge in [-0.3, -0.25) is 0 Å². The van der Waals surface area contributed by atoms with Crippen LogP contribution in [0.25, 0.3) is 0 Å². The largest absolute Gasteiger partial charge is 0.393 e. The second-order valence-corrected chi connectivity index (χ2v) is 2.27. The Balaban J connectivity index is 3.36. The van der Waals surface area contributed by atoms with E-state index in [1.54, 1.807) is 0 Å². The lowest BCUT2D eigenvalue weighted by atomic mass is 10.2. The molecule has 7 heavy (non-hydrogen) atoms. The molecular formula is C4H8BrFO. The van der Waals surface area contributed by atoms with Crippen molar-refractivity contribution in [3.05, 3.63) is 0 Å². The Kier molecular flexibility index (Phi) is 2.76. The van der Waals surface area contributed by atoms with Crippen molar-refractivity contribution in [3.63, 3.8) is 0 Å². The van der Waals surface area contributed by atoms with Crippen LogP contribution >= 0.6 is 15.9 Å². The summed E-state index contributed by atoms with van der Waals surface area (Å²) in [6, 6.07) is 0. The average Bonchev–Trinajstić information content (AvgIpc) is 1.68. The summed E-state index contributed by atoms with van der Waals surface area (Å²) < 4.78 is 12.3. The molecular weight excluding hydrogens is 163 g/mol. The molecule has 44 valence electrons. The fourth-order valence-corrected chi connectivity index (χ4v) is 0.220. The fraction of sp³-hybridized carbons (Fsp3) is 1.00. The Labute approximate surface area is 50.7 Å². The molecule has 0 spiro atoms. The summed E-state index contributed by atoms with van der Waals surface area (Å²) in [5, 5.41) is 8.38. The number of hydrogen-bond acceptors (Lipinski definition) is 1. The molecule has 1 atom stereocenters. The van der Waals surface area contributed by atoms with Crippen LogP contribution in [0.1, 0.15) is 6.92 Å². The summed E-state index contributed by atoms with van der Waals surface area (Å²) in [5.41, 5.74) is -1.44. The Bertz CT molecular complexity index is 49.7. The molecule has 0 aromatic carbocycles. The molecule has 1 N–H and O–H groups in total. The van der Waals surface area contributed by atoms with Crippen molar-refractivity contribution < 1.29 is 9.50 Å². The number of alkyl halides is 2.